The van der Waals surface area contributed by atoms with Gasteiger partial charge in [0.05, 0.1) is 15.6 Å². The van der Waals surface area contributed by atoms with Crippen molar-refractivity contribution in [2.75, 3.05) is 18.4 Å². The van der Waals surface area contributed by atoms with Crippen LogP contribution in [0.25, 0.3) is 0 Å². The van der Waals surface area contributed by atoms with Gasteiger partial charge in [0.15, 0.2) is 0 Å². The molecule has 0 radical (unpaired) electrons. The summed E-state index contributed by atoms with van der Waals surface area (Å²) in [6, 6.07) is 11.9. The highest BCUT2D eigenvalue weighted by Gasteiger charge is 2.35. The number of benzene rings is 2. The third-order valence-electron chi connectivity index (χ3n) is 4.43. The molecular formula is C18H17Cl3N2O2. The molecule has 1 fully saturated rings. The molecule has 0 atom stereocenters. The third kappa shape index (κ3) is 4.21. The minimum atomic E-state index is -0.940. The average molecular weight is 400 g/mol. The molecule has 0 bridgehead atoms. The van der Waals surface area contributed by atoms with E-state index in [9.17, 15) is 9.90 Å². The van der Waals surface area contributed by atoms with Gasteiger partial charge in [-0.05, 0) is 48.7 Å². The lowest BCUT2D eigenvalue weighted by Gasteiger charge is -2.38. The van der Waals surface area contributed by atoms with Crippen LogP contribution in [-0.2, 0) is 5.60 Å². The summed E-state index contributed by atoms with van der Waals surface area (Å²) < 4.78 is 0. The summed E-state index contributed by atoms with van der Waals surface area (Å²) in [6.07, 6.45) is 0.923. The maximum atomic E-state index is 12.4. The normalized spacial score (nSPS) is 16.6. The van der Waals surface area contributed by atoms with E-state index in [2.05, 4.69) is 5.32 Å². The van der Waals surface area contributed by atoms with Crippen molar-refractivity contribution in [1.29, 1.82) is 0 Å². The van der Waals surface area contributed by atoms with Crippen LogP contribution in [0, 0.1) is 0 Å². The van der Waals surface area contributed by atoms with Crippen LogP contribution in [0.3, 0.4) is 0 Å². The summed E-state index contributed by atoms with van der Waals surface area (Å²) in [4.78, 5) is 14.1. The number of halogens is 3. The highest BCUT2D eigenvalue weighted by Crippen LogP contribution is 2.33. The van der Waals surface area contributed by atoms with E-state index in [1.165, 1.54) is 0 Å². The van der Waals surface area contributed by atoms with E-state index in [-0.39, 0.29) is 6.03 Å². The number of carbonyl (C=O) groups excluding carboxylic acids is 1. The quantitative estimate of drug-likeness (QED) is 0.732. The number of likely N-dealkylation sites (tertiary alicyclic amines) is 1. The number of urea groups is 1. The second-order valence-electron chi connectivity index (χ2n) is 6.08. The molecule has 2 aromatic carbocycles. The Bertz CT molecular complexity index is 772. The molecular weight excluding hydrogens is 383 g/mol. The number of nitrogens with one attached hydrogen (secondary N) is 1. The van der Waals surface area contributed by atoms with Crippen molar-refractivity contribution in [3.8, 4) is 0 Å². The molecule has 4 nitrogen and oxygen atoms in total. The minimum Gasteiger partial charge on any atom is -0.385 e. The van der Waals surface area contributed by atoms with Crippen LogP contribution in [0.2, 0.25) is 15.1 Å². The van der Waals surface area contributed by atoms with Crippen LogP contribution in [0.5, 0.6) is 0 Å². The van der Waals surface area contributed by atoms with Crippen molar-refractivity contribution in [2.45, 2.75) is 18.4 Å². The van der Waals surface area contributed by atoms with Crippen LogP contribution in [-0.4, -0.2) is 29.1 Å². The predicted molar refractivity (Wildman–Crippen MR) is 102 cm³/mol. The number of amides is 2. The fourth-order valence-electron chi connectivity index (χ4n) is 2.90. The summed E-state index contributed by atoms with van der Waals surface area (Å²) in [5, 5.41) is 15.1. The van der Waals surface area contributed by atoms with Crippen LogP contribution in [0.15, 0.2) is 42.5 Å². The molecule has 2 aromatic rings. The molecule has 0 aliphatic carbocycles. The van der Waals surface area contributed by atoms with E-state index in [0.717, 1.165) is 5.56 Å². The molecule has 0 spiro atoms. The van der Waals surface area contributed by atoms with Crippen LogP contribution in [0.4, 0.5) is 10.5 Å². The Morgan fingerprint density at radius 3 is 2.24 bits per heavy atom. The number of hydrogen-bond donors (Lipinski definition) is 2. The SMILES string of the molecule is O=C(Nc1ccc(Cl)c(Cl)c1)N1CCC(O)(c2ccc(Cl)cc2)CC1. The number of rotatable bonds is 2. The molecule has 3 rings (SSSR count). The lowest BCUT2D eigenvalue weighted by Crippen LogP contribution is -2.46. The van der Waals surface area contributed by atoms with Gasteiger partial charge in [-0.25, -0.2) is 4.79 Å². The van der Waals surface area contributed by atoms with E-state index in [0.29, 0.717) is 46.7 Å². The van der Waals surface area contributed by atoms with Gasteiger partial charge in [-0.3, -0.25) is 0 Å². The standard InChI is InChI=1S/C18H17Cl3N2O2/c19-13-3-1-12(2-4-13)18(25)7-9-23(10-8-18)17(24)22-14-5-6-15(20)16(21)11-14/h1-6,11,25H,7-10H2,(H,22,24). The minimum absolute atomic E-state index is 0.225. The van der Waals surface area contributed by atoms with Gasteiger partial charge in [-0.2, -0.15) is 0 Å². The van der Waals surface area contributed by atoms with Crippen LogP contribution >= 0.6 is 34.8 Å². The first kappa shape index (κ1) is 18.3. The number of carbonyl (C=O) groups is 1. The monoisotopic (exact) mass is 398 g/mol. The van der Waals surface area contributed by atoms with Crippen molar-refractivity contribution in [2.24, 2.45) is 0 Å². The molecule has 1 heterocycles. The van der Waals surface area contributed by atoms with Crippen LogP contribution < -0.4 is 5.32 Å². The molecule has 25 heavy (non-hydrogen) atoms. The predicted octanol–water partition coefficient (Wildman–Crippen LogP) is 5.16. The number of nitrogens with zero attached hydrogens (tertiary/aromatic N) is 1. The van der Waals surface area contributed by atoms with Crippen molar-refractivity contribution >= 4 is 46.5 Å². The van der Waals surface area contributed by atoms with E-state index >= 15 is 0 Å². The van der Waals surface area contributed by atoms with E-state index in [4.69, 9.17) is 34.8 Å². The van der Waals surface area contributed by atoms with Gasteiger partial charge in [0.1, 0.15) is 0 Å². The van der Waals surface area contributed by atoms with Crippen LogP contribution in [0.1, 0.15) is 18.4 Å². The van der Waals surface area contributed by atoms with E-state index in [1.54, 1.807) is 35.2 Å². The number of anilines is 1. The zero-order valence-electron chi connectivity index (χ0n) is 13.3. The van der Waals surface area contributed by atoms with Gasteiger partial charge in [-0.15, -0.1) is 0 Å². The highest BCUT2D eigenvalue weighted by atomic mass is 35.5. The fraction of sp³-hybridized carbons (Fsp3) is 0.278. The van der Waals surface area contributed by atoms with Gasteiger partial charge in [0, 0.05) is 23.8 Å². The number of aliphatic hydroxyl groups is 1. The molecule has 0 aromatic heterocycles. The zero-order chi connectivity index (χ0) is 18.0. The summed E-state index contributed by atoms with van der Waals surface area (Å²) in [5.41, 5.74) is 0.463. The van der Waals surface area contributed by atoms with Crippen molar-refractivity contribution in [3.05, 3.63) is 63.1 Å². The summed E-state index contributed by atoms with van der Waals surface area (Å²) >= 11 is 17.7. The largest absolute Gasteiger partial charge is 0.385 e. The molecule has 1 aliphatic rings. The first-order valence-corrected chi connectivity index (χ1v) is 9.00. The van der Waals surface area contributed by atoms with Gasteiger partial charge < -0.3 is 15.3 Å². The van der Waals surface area contributed by atoms with Gasteiger partial charge in [0.2, 0.25) is 0 Å². The molecule has 2 amide bonds. The molecule has 132 valence electrons. The van der Waals surface area contributed by atoms with E-state index < -0.39 is 5.60 Å². The molecule has 0 unspecified atom stereocenters. The Morgan fingerprint density at radius 2 is 1.64 bits per heavy atom. The summed E-state index contributed by atoms with van der Waals surface area (Å²) in [6.45, 7) is 0.901. The highest BCUT2D eigenvalue weighted by molar-refractivity contribution is 6.42. The van der Waals surface area contributed by atoms with Gasteiger partial charge >= 0.3 is 6.03 Å². The second kappa shape index (κ2) is 7.42. The van der Waals surface area contributed by atoms with Gasteiger partial charge in [0.25, 0.3) is 0 Å². The molecule has 2 N–H and O–H groups in total. The second-order valence-corrected chi connectivity index (χ2v) is 7.34. The van der Waals surface area contributed by atoms with Crippen molar-refractivity contribution in [1.82, 2.24) is 4.90 Å². The zero-order valence-corrected chi connectivity index (χ0v) is 15.6. The molecule has 1 saturated heterocycles. The summed E-state index contributed by atoms with van der Waals surface area (Å²) in [5.74, 6) is 0. The molecule has 7 heteroatoms. The Balaban J connectivity index is 1.62. The Kier molecular flexibility index (Phi) is 5.44. The molecule has 0 saturated carbocycles. The first-order chi connectivity index (χ1) is 11.9. The van der Waals surface area contributed by atoms with Crippen molar-refractivity contribution < 1.29 is 9.90 Å². The fourth-order valence-corrected chi connectivity index (χ4v) is 3.33. The maximum Gasteiger partial charge on any atom is 0.321 e. The smallest absolute Gasteiger partial charge is 0.321 e. The maximum absolute atomic E-state index is 12.4. The average Bonchev–Trinajstić information content (AvgIpc) is 2.59. The molecule has 1 aliphatic heterocycles. The third-order valence-corrected chi connectivity index (χ3v) is 5.42. The number of hydrogen-bond acceptors (Lipinski definition) is 2. The lowest BCUT2D eigenvalue weighted by atomic mass is 9.84. The van der Waals surface area contributed by atoms with Gasteiger partial charge in [-0.1, -0.05) is 46.9 Å². The number of piperidine rings is 1. The topological polar surface area (TPSA) is 52.6 Å². The van der Waals surface area contributed by atoms with Crippen molar-refractivity contribution in [3.63, 3.8) is 0 Å². The first-order valence-electron chi connectivity index (χ1n) is 7.87. The Labute approximate surface area is 161 Å². The Morgan fingerprint density at radius 1 is 1.00 bits per heavy atom. The lowest BCUT2D eigenvalue weighted by molar-refractivity contribution is -0.0156. The van der Waals surface area contributed by atoms with E-state index in [1.807, 2.05) is 12.1 Å². The Hall–Kier alpha value is -1.46. The summed E-state index contributed by atoms with van der Waals surface area (Å²) in [7, 11) is 0.